The molecule has 0 unspecified atom stereocenters. The summed E-state index contributed by atoms with van der Waals surface area (Å²) in [7, 11) is 0. The molecular weight excluding hydrogens is 457 g/mol. The number of likely N-dealkylation sites (tertiary alicyclic amines) is 1. The first kappa shape index (κ1) is 24.9. The molecule has 2 aromatic carbocycles. The maximum absolute atomic E-state index is 12.5. The molecular formula is C27H29F3N2O3. The Bertz CT molecular complexity index is 1150. The molecule has 0 spiro atoms. The van der Waals surface area contributed by atoms with Gasteiger partial charge in [0, 0.05) is 17.2 Å². The maximum atomic E-state index is 12.5. The van der Waals surface area contributed by atoms with E-state index in [1.165, 1.54) is 23.8 Å². The van der Waals surface area contributed by atoms with E-state index in [2.05, 4.69) is 27.1 Å². The number of ether oxygens (including phenoxy) is 1. The summed E-state index contributed by atoms with van der Waals surface area (Å²) in [5.74, 6) is 1.35. The van der Waals surface area contributed by atoms with Gasteiger partial charge in [-0.1, -0.05) is 38.1 Å². The molecule has 35 heavy (non-hydrogen) atoms. The molecule has 0 atom stereocenters. The molecule has 8 heteroatoms. The summed E-state index contributed by atoms with van der Waals surface area (Å²) in [6.45, 7) is 6.18. The highest BCUT2D eigenvalue weighted by Crippen LogP contribution is 2.32. The largest absolute Gasteiger partial charge is 0.573 e. The molecule has 1 aliphatic rings. The Morgan fingerprint density at radius 1 is 1.09 bits per heavy atom. The summed E-state index contributed by atoms with van der Waals surface area (Å²) in [5.41, 5.74) is 2.59. The lowest BCUT2D eigenvalue weighted by Gasteiger charge is -2.31. The van der Waals surface area contributed by atoms with Crippen molar-refractivity contribution in [3.8, 4) is 17.1 Å². The second kappa shape index (κ2) is 10.6. The molecule has 2 heterocycles. The Hall–Kier alpha value is -3.26. The monoisotopic (exact) mass is 486 g/mol. The topological polar surface area (TPSA) is 54.7 Å². The van der Waals surface area contributed by atoms with Gasteiger partial charge < -0.3 is 14.5 Å². The molecule has 5 nitrogen and oxygen atoms in total. The number of nitrogens with one attached hydrogen (secondary N) is 1. The van der Waals surface area contributed by atoms with Crippen molar-refractivity contribution < 1.29 is 27.1 Å². The van der Waals surface area contributed by atoms with Crippen LogP contribution in [0.5, 0.6) is 5.75 Å². The predicted molar refractivity (Wildman–Crippen MR) is 128 cm³/mol. The highest BCUT2D eigenvalue weighted by Gasteiger charge is 2.31. The number of hydrogen-bond acceptors (Lipinski definition) is 4. The zero-order valence-electron chi connectivity index (χ0n) is 19.8. The van der Waals surface area contributed by atoms with Gasteiger partial charge in [-0.15, -0.1) is 13.2 Å². The van der Waals surface area contributed by atoms with E-state index < -0.39 is 6.36 Å². The van der Waals surface area contributed by atoms with E-state index >= 15 is 0 Å². The third-order valence-electron chi connectivity index (χ3n) is 6.13. The van der Waals surface area contributed by atoms with Crippen molar-refractivity contribution in [3.05, 3.63) is 72.0 Å². The number of carbonyl (C=O) groups excluding carboxylic acids is 1. The van der Waals surface area contributed by atoms with Gasteiger partial charge in [0.2, 0.25) is 5.91 Å². The van der Waals surface area contributed by atoms with Crippen LogP contribution >= 0.6 is 0 Å². The lowest BCUT2D eigenvalue weighted by molar-refractivity contribution is -0.274. The first-order chi connectivity index (χ1) is 16.7. The number of carbonyl (C=O) groups is 1. The van der Waals surface area contributed by atoms with E-state index in [4.69, 9.17) is 4.42 Å². The lowest BCUT2D eigenvalue weighted by atomic mass is 9.89. The number of anilines is 1. The van der Waals surface area contributed by atoms with Gasteiger partial charge in [0.1, 0.15) is 17.3 Å². The molecule has 1 amide bonds. The van der Waals surface area contributed by atoms with Crippen LogP contribution in [-0.2, 0) is 11.3 Å². The summed E-state index contributed by atoms with van der Waals surface area (Å²) in [6.07, 6.45) is -2.75. The maximum Gasteiger partial charge on any atom is 0.573 e. The van der Waals surface area contributed by atoms with E-state index in [9.17, 15) is 18.0 Å². The van der Waals surface area contributed by atoms with Crippen molar-refractivity contribution in [2.45, 2.75) is 45.5 Å². The fourth-order valence-electron chi connectivity index (χ4n) is 4.27. The number of amides is 1. The van der Waals surface area contributed by atoms with Crippen LogP contribution in [0.1, 0.15) is 43.9 Å². The molecule has 0 saturated carbocycles. The second-order valence-electron chi connectivity index (χ2n) is 9.16. The van der Waals surface area contributed by atoms with Crippen LogP contribution in [0, 0.1) is 5.92 Å². The molecule has 1 saturated heterocycles. The average molecular weight is 487 g/mol. The summed E-state index contributed by atoms with van der Waals surface area (Å²) >= 11 is 0. The number of benzene rings is 2. The third-order valence-corrected chi connectivity index (χ3v) is 6.13. The number of alkyl halides is 3. The molecule has 1 fully saturated rings. The highest BCUT2D eigenvalue weighted by molar-refractivity contribution is 5.92. The molecule has 3 aromatic rings. The molecule has 1 aliphatic heterocycles. The van der Waals surface area contributed by atoms with Crippen molar-refractivity contribution in [1.29, 1.82) is 0 Å². The fraction of sp³-hybridized carbons (Fsp3) is 0.370. The Kier molecular flexibility index (Phi) is 7.50. The quantitative estimate of drug-likeness (QED) is 0.398. The Morgan fingerprint density at radius 2 is 1.83 bits per heavy atom. The summed E-state index contributed by atoms with van der Waals surface area (Å²) < 4.78 is 47.4. The molecule has 186 valence electrons. The predicted octanol–water partition coefficient (Wildman–Crippen LogP) is 6.82. The van der Waals surface area contributed by atoms with Gasteiger partial charge in [-0.3, -0.25) is 9.69 Å². The zero-order valence-corrected chi connectivity index (χ0v) is 19.8. The van der Waals surface area contributed by atoms with Gasteiger partial charge in [-0.05, 0) is 73.8 Å². The standard InChI is InChI=1S/C27H29F3N2O3/c1-18(2)26(33)31-22-7-3-5-20(15-22)19-11-13-32(14-12-19)17-24-9-10-25(34-24)21-6-4-8-23(16-21)35-27(28,29)30/h3-10,15-16,18-19H,11-14,17H2,1-2H3,(H,31,33). The third kappa shape index (κ3) is 6.88. The van der Waals surface area contributed by atoms with E-state index in [-0.39, 0.29) is 17.6 Å². The first-order valence-electron chi connectivity index (χ1n) is 11.7. The van der Waals surface area contributed by atoms with Crippen molar-refractivity contribution in [3.63, 3.8) is 0 Å². The molecule has 0 radical (unpaired) electrons. The average Bonchev–Trinajstić information content (AvgIpc) is 3.27. The SMILES string of the molecule is CC(C)C(=O)Nc1cccc(C2CCN(Cc3ccc(-c4cccc(OC(F)(F)F)c4)o3)CC2)c1. The summed E-state index contributed by atoms with van der Waals surface area (Å²) in [6, 6.07) is 17.5. The van der Waals surface area contributed by atoms with Gasteiger partial charge in [0.15, 0.2) is 0 Å². The van der Waals surface area contributed by atoms with Gasteiger partial charge in [0.05, 0.1) is 6.54 Å². The smallest absolute Gasteiger partial charge is 0.460 e. The summed E-state index contributed by atoms with van der Waals surface area (Å²) in [5, 5.41) is 2.97. The van der Waals surface area contributed by atoms with Crippen LogP contribution in [0.25, 0.3) is 11.3 Å². The van der Waals surface area contributed by atoms with E-state index in [1.54, 1.807) is 12.1 Å². The lowest BCUT2D eigenvalue weighted by Crippen LogP contribution is -2.32. The number of hydrogen-bond donors (Lipinski definition) is 1. The van der Waals surface area contributed by atoms with Crippen LogP contribution in [-0.4, -0.2) is 30.3 Å². The van der Waals surface area contributed by atoms with Crippen molar-refractivity contribution in [2.24, 2.45) is 5.92 Å². The van der Waals surface area contributed by atoms with Gasteiger partial charge in [-0.2, -0.15) is 0 Å². The van der Waals surface area contributed by atoms with Crippen LogP contribution < -0.4 is 10.1 Å². The number of halogens is 3. The highest BCUT2D eigenvalue weighted by atomic mass is 19.4. The Labute approximate surface area is 202 Å². The minimum Gasteiger partial charge on any atom is -0.460 e. The Balaban J connectivity index is 1.33. The van der Waals surface area contributed by atoms with E-state index in [0.717, 1.165) is 37.4 Å². The minimum atomic E-state index is -4.73. The van der Waals surface area contributed by atoms with Gasteiger partial charge in [0.25, 0.3) is 0 Å². The van der Waals surface area contributed by atoms with E-state index in [0.29, 0.717) is 23.8 Å². The van der Waals surface area contributed by atoms with Gasteiger partial charge in [-0.25, -0.2) is 0 Å². The second-order valence-corrected chi connectivity index (χ2v) is 9.16. The van der Waals surface area contributed by atoms with Crippen molar-refractivity contribution >= 4 is 11.6 Å². The normalized spacial score (nSPS) is 15.4. The number of rotatable bonds is 7. The zero-order chi connectivity index (χ0) is 25.0. The van der Waals surface area contributed by atoms with Crippen molar-refractivity contribution in [1.82, 2.24) is 4.90 Å². The van der Waals surface area contributed by atoms with Crippen LogP contribution in [0.3, 0.4) is 0 Å². The number of nitrogens with zero attached hydrogens (tertiary/aromatic N) is 1. The summed E-state index contributed by atoms with van der Waals surface area (Å²) in [4.78, 5) is 14.3. The van der Waals surface area contributed by atoms with Crippen LogP contribution in [0.4, 0.5) is 18.9 Å². The van der Waals surface area contributed by atoms with E-state index in [1.807, 2.05) is 32.0 Å². The number of piperidine rings is 1. The Morgan fingerprint density at radius 3 is 2.54 bits per heavy atom. The molecule has 0 aliphatic carbocycles. The molecule has 4 rings (SSSR count). The molecule has 1 N–H and O–H groups in total. The minimum absolute atomic E-state index is 0.00870. The van der Waals surface area contributed by atoms with Crippen LogP contribution in [0.15, 0.2) is 65.1 Å². The molecule has 1 aromatic heterocycles. The van der Waals surface area contributed by atoms with Crippen molar-refractivity contribution in [2.75, 3.05) is 18.4 Å². The first-order valence-corrected chi connectivity index (χ1v) is 11.7. The molecule has 0 bridgehead atoms. The van der Waals surface area contributed by atoms with Gasteiger partial charge >= 0.3 is 6.36 Å². The fourth-order valence-corrected chi connectivity index (χ4v) is 4.27. The van der Waals surface area contributed by atoms with Crippen LogP contribution in [0.2, 0.25) is 0 Å². The number of furan rings is 1.